The lowest BCUT2D eigenvalue weighted by Gasteiger charge is -2.47. The highest BCUT2D eigenvalue weighted by molar-refractivity contribution is 6.04. The molecular formula is C26H32F3N7O2. The van der Waals surface area contributed by atoms with E-state index in [1.54, 1.807) is 30.5 Å². The number of amides is 1. The minimum atomic E-state index is -1.49. The van der Waals surface area contributed by atoms with Gasteiger partial charge in [0.25, 0.3) is 0 Å². The van der Waals surface area contributed by atoms with Gasteiger partial charge in [0, 0.05) is 37.3 Å². The van der Waals surface area contributed by atoms with Gasteiger partial charge < -0.3 is 19.9 Å². The van der Waals surface area contributed by atoms with Crippen LogP contribution in [0.15, 0.2) is 30.7 Å². The van der Waals surface area contributed by atoms with E-state index in [2.05, 4.69) is 27.2 Å². The number of nitrogens with zero attached hydrogens (tertiary/aromatic N) is 6. The maximum absolute atomic E-state index is 13.5. The molecular weight excluding hydrogens is 499 g/mol. The molecule has 0 aliphatic carbocycles. The third-order valence-electron chi connectivity index (χ3n) is 6.74. The predicted octanol–water partition coefficient (Wildman–Crippen LogP) is 3.98. The third kappa shape index (κ3) is 5.17. The summed E-state index contributed by atoms with van der Waals surface area (Å²) in [5, 5.41) is 7.40. The Hall–Kier alpha value is -3.67. The summed E-state index contributed by atoms with van der Waals surface area (Å²) < 4.78 is 47.2. The van der Waals surface area contributed by atoms with Crippen LogP contribution in [-0.2, 0) is 22.6 Å². The van der Waals surface area contributed by atoms with Gasteiger partial charge in [-0.15, -0.1) is 0 Å². The minimum absolute atomic E-state index is 0. The standard InChI is InChI=1S/C25H28F3N7O2.CH4/c1-4-19-23(36)33(3)20-9-30-24(32-22(20)35(19)12-25(2)13-37-14-25)29-7-16-8-31-34(11-16)10-15-5-17(26)21(28)18(27)6-15;/h5-6,8-9,11,19H,4,7,10,12-14H2,1-3H3,(H,29,30,32);1H4/t19-;/m1./s1. The molecule has 4 heterocycles. The highest BCUT2D eigenvalue weighted by Gasteiger charge is 2.43. The molecule has 0 radical (unpaired) electrons. The SMILES string of the molecule is C.CC[C@@H]1C(=O)N(C)c2cnc(NCc3cnn(Cc4cc(F)c(F)c(F)c4)c3)nc2N1CC1(C)COC1. The van der Waals surface area contributed by atoms with Gasteiger partial charge in [0.2, 0.25) is 11.9 Å². The molecule has 0 unspecified atom stereocenters. The van der Waals surface area contributed by atoms with Gasteiger partial charge in [0.05, 0.1) is 32.2 Å². The van der Waals surface area contributed by atoms with Crippen LogP contribution in [0.25, 0.3) is 0 Å². The van der Waals surface area contributed by atoms with E-state index < -0.39 is 17.5 Å². The Morgan fingerprint density at radius 1 is 1.16 bits per heavy atom. The topological polar surface area (TPSA) is 88.4 Å². The van der Waals surface area contributed by atoms with Crippen molar-refractivity contribution in [3.05, 3.63) is 59.3 Å². The first-order valence-electron chi connectivity index (χ1n) is 12.0. The molecule has 2 aliphatic rings. The number of hydrogen-bond acceptors (Lipinski definition) is 7. The molecule has 9 nitrogen and oxygen atoms in total. The number of ether oxygens (including phenoxy) is 1. The molecule has 204 valence electrons. The summed E-state index contributed by atoms with van der Waals surface area (Å²) in [5.41, 5.74) is 1.64. The number of hydrogen-bond donors (Lipinski definition) is 1. The van der Waals surface area contributed by atoms with E-state index in [9.17, 15) is 18.0 Å². The summed E-state index contributed by atoms with van der Waals surface area (Å²) in [6.45, 7) is 6.47. The van der Waals surface area contributed by atoms with Crippen molar-refractivity contribution in [2.75, 3.05) is 41.9 Å². The smallest absolute Gasteiger partial charge is 0.249 e. The molecule has 1 saturated heterocycles. The van der Waals surface area contributed by atoms with Crippen molar-refractivity contribution in [2.24, 2.45) is 5.41 Å². The molecule has 2 aromatic heterocycles. The molecule has 12 heteroatoms. The Labute approximate surface area is 219 Å². The monoisotopic (exact) mass is 531 g/mol. The van der Waals surface area contributed by atoms with Crippen molar-refractivity contribution in [3.8, 4) is 0 Å². The molecule has 1 aromatic carbocycles. The summed E-state index contributed by atoms with van der Waals surface area (Å²) in [4.78, 5) is 25.8. The van der Waals surface area contributed by atoms with Gasteiger partial charge in [-0.1, -0.05) is 21.3 Å². The number of halogens is 3. The fraction of sp³-hybridized carbons (Fsp3) is 0.462. The normalized spacial score (nSPS) is 18.1. The van der Waals surface area contributed by atoms with E-state index >= 15 is 0 Å². The van der Waals surface area contributed by atoms with Crippen LogP contribution in [0.1, 0.15) is 38.8 Å². The molecule has 5 rings (SSSR count). The van der Waals surface area contributed by atoms with Crippen molar-refractivity contribution in [3.63, 3.8) is 0 Å². The van der Waals surface area contributed by atoms with E-state index in [1.807, 2.05) is 6.92 Å². The Bertz CT molecular complexity index is 1300. The number of anilines is 3. The van der Waals surface area contributed by atoms with Crippen molar-refractivity contribution < 1.29 is 22.7 Å². The zero-order chi connectivity index (χ0) is 26.3. The largest absolute Gasteiger partial charge is 0.380 e. The molecule has 1 fully saturated rings. The highest BCUT2D eigenvalue weighted by Crippen LogP contribution is 2.38. The quantitative estimate of drug-likeness (QED) is 0.440. The Morgan fingerprint density at radius 2 is 1.87 bits per heavy atom. The van der Waals surface area contributed by atoms with E-state index in [-0.39, 0.29) is 36.9 Å². The molecule has 0 saturated carbocycles. The second kappa shape index (κ2) is 10.6. The molecule has 38 heavy (non-hydrogen) atoms. The van der Waals surface area contributed by atoms with Gasteiger partial charge in [-0.25, -0.2) is 18.2 Å². The van der Waals surface area contributed by atoms with Crippen LogP contribution in [0.2, 0.25) is 0 Å². The van der Waals surface area contributed by atoms with E-state index in [1.165, 1.54) is 4.68 Å². The zero-order valence-corrected chi connectivity index (χ0v) is 20.8. The number of likely N-dealkylation sites (N-methyl/N-ethyl adjacent to an activating group) is 1. The summed E-state index contributed by atoms with van der Waals surface area (Å²) in [6.07, 6.45) is 5.62. The average Bonchev–Trinajstić information content (AvgIpc) is 3.30. The average molecular weight is 532 g/mol. The number of benzene rings is 1. The molecule has 1 atom stereocenters. The van der Waals surface area contributed by atoms with Gasteiger partial charge >= 0.3 is 0 Å². The summed E-state index contributed by atoms with van der Waals surface area (Å²) >= 11 is 0. The molecule has 0 bridgehead atoms. The summed E-state index contributed by atoms with van der Waals surface area (Å²) in [6, 6.07) is 1.58. The summed E-state index contributed by atoms with van der Waals surface area (Å²) in [5.74, 6) is -2.87. The highest BCUT2D eigenvalue weighted by atomic mass is 19.2. The van der Waals surface area contributed by atoms with Crippen LogP contribution in [-0.4, -0.2) is 58.5 Å². The molecule has 3 aromatic rings. The molecule has 1 N–H and O–H groups in total. The van der Waals surface area contributed by atoms with Crippen molar-refractivity contribution in [1.29, 1.82) is 0 Å². The van der Waals surface area contributed by atoms with E-state index in [4.69, 9.17) is 9.72 Å². The third-order valence-corrected chi connectivity index (χ3v) is 6.74. The van der Waals surface area contributed by atoms with Crippen LogP contribution in [0.3, 0.4) is 0 Å². The lowest BCUT2D eigenvalue weighted by atomic mass is 9.87. The van der Waals surface area contributed by atoms with E-state index in [0.717, 1.165) is 17.7 Å². The lowest BCUT2D eigenvalue weighted by Crippen LogP contribution is -2.58. The maximum atomic E-state index is 13.5. The second-order valence-corrected chi connectivity index (χ2v) is 9.93. The predicted molar refractivity (Wildman–Crippen MR) is 137 cm³/mol. The summed E-state index contributed by atoms with van der Waals surface area (Å²) in [7, 11) is 1.74. The van der Waals surface area contributed by atoms with Gasteiger partial charge in [0.15, 0.2) is 23.3 Å². The van der Waals surface area contributed by atoms with Gasteiger partial charge in [-0.2, -0.15) is 10.1 Å². The van der Waals surface area contributed by atoms with Gasteiger partial charge in [-0.3, -0.25) is 9.48 Å². The Morgan fingerprint density at radius 3 is 2.50 bits per heavy atom. The number of rotatable bonds is 8. The first kappa shape index (κ1) is 27.4. The van der Waals surface area contributed by atoms with E-state index in [0.29, 0.717) is 50.2 Å². The van der Waals surface area contributed by atoms with Crippen LogP contribution >= 0.6 is 0 Å². The minimum Gasteiger partial charge on any atom is -0.380 e. The first-order valence-corrected chi connectivity index (χ1v) is 12.0. The van der Waals surface area contributed by atoms with Crippen LogP contribution in [0.5, 0.6) is 0 Å². The van der Waals surface area contributed by atoms with Crippen molar-refractivity contribution in [1.82, 2.24) is 19.7 Å². The molecule has 2 aliphatic heterocycles. The number of aromatic nitrogens is 4. The lowest BCUT2D eigenvalue weighted by molar-refractivity contribution is -0.121. The van der Waals surface area contributed by atoms with Crippen LogP contribution in [0.4, 0.5) is 30.6 Å². The van der Waals surface area contributed by atoms with Gasteiger partial charge in [0.1, 0.15) is 11.7 Å². The number of fused-ring (bicyclic) bond motifs is 1. The zero-order valence-electron chi connectivity index (χ0n) is 20.8. The van der Waals surface area contributed by atoms with Crippen molar-refractivity contribution in [2.45, 2.75) is 46.8 Å². The van der Waals surface area contributed by atoms with Crippen LogP contribution in [0, 0.1) is 22.9 Å². The van der Waals surface area contributed by atoms with Crippen LogP contribution < -0.4 is 15.1 Å². The second-order valence-electron chi connectivity index (χ2n) is 9.93. The fourth-order valence-electron chi connectivity index (χ4n) is 4.71. The fourth-order valence-corrected chi connectivity index (χ4v) is 4.71. The number of carbonyl (C=O) groups is 1. The number of nitrogens with one attached hydrogen (secondary N) is 1. The first-order chi connectivity index (χ1) is 17.7. The molecule has 0 spiro atoms. The Balaban J connectivity index is 0.00000336. The van der Waals surface area contributed by atoms with Crippen molar-refractivity contribution >= 4 is 23.4 Å². The maximum Gasteiger partial charge on any atom is 0.249 e. The van der Waals surface area contributed by atoms with Gasteiger partial charge in [-0.05, 0) is 24.1 Å². The number of carbonyl (C=O) groups excluding carboxylic acids is 1. The Kier molecular flexibility index (Phi) is 7.63. The molecule has 1 amide bonds.